The predicted molar refractivity (Wildman–Crippen MR) is 29.8 cm³/mol. The summed E-state index contributed by atoms with van der Waals surface area (Å²) < 4.78 is 0.330. The van der Waals surface area contributed by atoms with E-state index in [1.165, 1.54) is 0 Å². The number of nitrogens with two attached hydrogens (primary N) is 2. The Balaban J connectivity index is 3.17. The van der Waals surface area contributed by atoms with Crippen molar-refractivity contribution in [2.75, 3.05) is 11.5 Å². The molecule has 0 fully saturated rings. The Kier molecular flexibility index (Phi) is 1.07. The van der Waals surface area contributed by atoms with Gasteiger partial charge in [0.2, 0.25) is 0 Å². The minimum absolute atomic E-state index is 0.000370. The number of aromatic nitrogens is 3. The fourth-order valence-electron chi connectivity index (χ4n) is 0.366. The van der Waals surface area contributed by atoms with E-state index in [1.807, 2.05) is 0 Å². The maximum atomic E-state index is 10.4. The minimum atomic E-state index is -0.192. The molecule has 0 saturated carbocycles. The van der Waals surface area contributed by atoms with Gasteiger partial charge in [0.15, 0.2) is 6.33 Å². The summed E-state index contributed by atoms with van der Waals surface area (Å²) in [4.78, 5) is 6.74. The third-order valence-corrected chi connectivity index (χ3v) is 0.750. The van der Waals surface area contributed by atoms with E-state index in [2.05, 4.69) is 9.97 Å². The first-order chi connectivity index (χ1) is 4.20. The van der Waals surface area contributed by atoms with Crippen LogP contribution < -0.4 is 16.2 Å². The van der Waals surface area contributed by atoms with Crippen LogP contribution in [0.2, 0.25) is 0 Å². The van der Waals surface area contributed by atoms with Gasteiger partial charge in [-0.3, -0.25) is 0 Å². The average Bonchev–Trinajstić information content (AvgIpc) is 1.80. The molecule has 9 heavy (non-hydrogen) atoms. The molecule has 0 aliphatic heterocycles. The zero-order chi connectivity index (χ0) is 6.85. The lowest BCUT2D eigenvalue weighted by Gasteiger charge is -2.01. The first-order valence-electron chi connectivity index (χ1n) is 2.17. The van der Waals surface area contributed by atoms with Gasteiger partial charge < -0.3 is 16.7 Å². The predicted octanol–water partition coefficient (Wildman–Crippen LogP) is -1.73. The summed E-state index contributed by atoms with van der Waals surface area (Å²) in [5.41, 5.74) is 10.1. The van der Waals surface area contributed by atoms with E-state index < -0.39 is 0 Å². The number of nitrogens with zero attached hydrogens (tertiary/aromatic N) is 3. The zero-order valence-electron chi connectivity index (χ0n) is 4.48. The van der Waals surface area contributed by atoms with Crippen LogP contribution in [-0.2, 0) is 0 Å². The Morgan fingerprint density at radius 3 is 2.67 bits per heavy atom. The molecule has 0 saturated heterocycles. The van der Waals surface area contributed by atoms with E-state index in [1.54, 1.807) is 0 Å². The van der Waals surface area contributed by atoms with Crippen molar-refractivity contribution in [2.45, 2.75) is 0 Å². The maximum Gasteiger partial charge on any atom is 0.348 e. The van der Waals surface area contributed by atoms with Crippen LogP contribution in [0.25, 0.3) is 0 Å². The summed E-state index contributed by atoms with van der Waals surface area (Å²) in [5, 5.41) is 10.4. The van der Waals surface area contributed by atoms with Crippen LogP contribution in [0.5, 0.6) is 0 Å². The van der Waals surface area contributed by atoms with Crippen molar-refractivity contribution in [1.29, 1.82) is 0 Å². The second-order valence-corrected chi connectivity index (χ2v) is 1.40. The molecule has 1 aromatic heterocycles. The topological polar surface area (TPSA) is 105 Å². The molecule has 0 atom stereocenters. The fraction of sp³-hybridized carbons (Fsp3) is 0. The number of rotatable bonds is 0. The largest absolute Gasteiger partial charge is 0.754 e. The van der Waals surface area contributed by atoms with Crippen molar-refractivity contribution in [2.24, 2.45) is 0 Å². The van der Waals surface area contributed by atoms with Crippen LogP contribution in [0.3, 0.4) is 0 Å². The van der Waals surface area contributed by atoms with Gasteiger partial charge in [-0.1, -0.05) is 9.97 Å². The first-order valence-corrected chi connectivity index (χ1v) is 2.17. The van der Waals surface area contributed by atoms with Crippen LogP contribution >= 0.6 is 0 Å². The summed E-state index contributed by atoms with van der Waals surface area (Å²) >= 11 is 0. The van der Waals surface area contributed by atoms with Gasteiger partial charge in [0.1, 0.15) is 0 Å². The van der Waals surface area contributed by atoms with Crippen molar-refractivity contribution in [3.8, 4) is 0 Å². The van der Waals surface area contributed by atoms with Crippen LogP contribution in [0, 0.1) is 5.21 Å². The van der Waals surface area contributed by atoms with Crippen molar-refractivity contribution >= 4 is 11.9 Å². The lowest BCUT2D eigenvalue weighted by molar-refractivity contribution is -0.596. The lowest BCUT2D eigenvalue weighted by atomic mass is 10.9. The van der Waals surface area contributed by atoms with Gasteiger partial charge in [0, 0.05) is 0 Å². The molecule has 0 unspecified atom stereocenters. The van der Waals surface area contributed by atoms with Crippen molar-refractivity contribution in [3.63, 3.8) is 0 Å². The molecule has 0 aliphatic carbocycles. The van der Waals surface area contributed by atoms with Gasteiger partial charge in [-0.25, -0.2) is 4.73 Å². The summed E-state index contributed by atoms with van der Waals surface area (Å²) in [6.07, 6.45) is 0.956. The average molecular weight is 127 g/mol. The van der Waals surface area contributed by atoms with Gasteiger partial charge in [-0.15, -0.1) is 0 Å². The monoisotopic (exact) mass is 127 g/mol. The zero-order valence-corrected chi connectivity index (χ0v) is 4.48. The van der Waals surface area contributed by atoms with Gasteiger partial charge in [-0.2, -0.15) is 0 Å². The minimum Gasteiger partial charge on any atom is -0.754 e. The Morgan fingerprint density at radius 2 is 2.22 bits per heavy atom. The second-order valence-electron chi connectivity index (χ2n) is 1.40. The molecule has 0 aliphatic rings. The van der Waals surface area contributed by atoms with Crippen molar-refractivity contribution in [1.82, 2.24) is 9.97 Å². The molecule has 1 heterocycles. The molecule has 1 aromatic rings. The number of hydrogen-bond donors (Lipinski definition) is 2. The van der Waals surface area contributed by atoms with Crippen LogP contribution in [0.15, 0.2) is 6.33 Å². The highest BCUT2D eigenvalue weighted by Gasteiger charge is 1.99. The van der Waals surface area contributed by atoms with E-state index >= 15 is 0 Å². The summed E-state index contributed by atoms with van der Waals surface area (Å²) in [6, 6.07) is 0. The summed E-state index contributed by atoms with van der Waals surface area (Å²) in [7, 11) is 0. The number of hydrogen-bond acceptors (Lipinski definition) is 5. The standard InChI is InChI=1S/C3H5N5O/c4-2-6-1-8(9)3(5)7-2/h1H,(H4,4,5,6,7). The normalized spacial score (nSPS) is 9.33. The molecule has 4 N–H and O–H groups in total. The van der Waals surface area contributed by atoms with Crippen LogP contribution in [0.1, 0.15) is 0 Å². The van der Waals surface area contributed by atoms with Crippen molar-refractivity contribution in [3.05, 3.63) is 11.5 Å². The van der Waals surface area contributed by atoms with Crippen LogP contribution in [0.4, 0.5) is 11.9 Å². The number of anilines is 2. The van der Waals surface area contributed by atoms with Crippen LogP contribution in [-0.4, -0.2) is 9.97 Å². The van der Waals surface area contributed by atoms with Gasteiger partial charge in [0.05, 0.1) is 0 Å². The first kappa shape index (κ1) is 5.54. The second kappa shape index (κ2) is 1.73. The van der Waals surface area contributed by atoms with E-state index in [-0.39, 0.29) is 11.9 Å². The van der Waals surface area contributed by atoms with E-state index in [0.717, 1.165) is 6.33 Å². The van der Waals surface area contributed by atoms with E-state index in [0.29, 0.717) is 4.73 Å². The Labute approximate surface area is 50.7 Å². The highest BCUT2D eigenvalue weighted by molar-refractivity contribution is 5.18. The fourth-order valence-corrected chi connectivity index (χ4v) is 0.366. The highest BCUT2D eigenvalue weighted by atomic mass is 16.5. The molecule has 0 spiro atoms. The molecule has 0 amide bonds. The molecule has 0 bridgehead atoms. The Morgan fingerprint density at radius 1 is 1.56 bits per heavy atom. The summed E-state index contributed by atoms with van der Waals surface area (Å²) in [5.74, 6) is -0.192. The molecule has 48 valence electrons. The molecule has 6 heteroatoms. The third kappa shape index (κ3) is 0.958. The van der Waals surface area contributed by atoms with E-state index in [4.69, 9.17) is 11.5 Å². The van der Waals surface area contributed by atoms with Gasteiger partial charge in [-0.05, 0) is 0 Å². The third-order valence-electron chi connectivity index (χ3n) is 0.750. The molecule has 0 radical (unpaired) electrons. The maximum absolute atomic E-state index is 10.4. The lowest BCUT2D eigenvalue weighted by Crippen LogP contribution is -2.32. The molecule has 0 aromatic carbocycles. The SMILES string of the molecule is Nc1nc[n+]([O-])c(N)n1. The number of nitrogen functional groups attached to an aromatic ring is 2. The molecule has 1 rings (SSSR count). The Bertz CT molecular complexity index is 223. The smallest absolute Gasteiger partial charge is 0.348 e. The quantitative estimate of drug-likeness (QED) is 0.318. The Hall–Kier alpha value is -1.59. The van der Waals surface area contributed by atoms with Crippen molar-refractivity contribution < 1.29 is 4.73 Å². The van der Waals surface area contributed by atoms with Gasteiger partial charge >= 0.3 is 11.9 Å². The molecular weight excluding hydrogens is 122 g/mol. The van der Waals surface area contributed by atoms with Gasteiger partial charge in [0.25, 0.3) is 0 Å². The highest BCUT2D eigenvalue weighted by Crippen LogP contribution is 1.86. The molecule has 6 nitrogen and oxygen atoms in total. The summed E-state index contributed by atoms with van der Waals surface area (Å²) in [6.45, 7) is 0. The molecular formula is C3H5N5O. The van der Waals surface area contributed by atoms with E-state index in [9.17, 15) is 5.21 Å².